The lowest BCUT2D eigenvalue weighted by atomic mass is 10.2. The minimum absolute atomic E-state index is 0.00713. The standard InChI is InChI=1S/C7H15N3O/c1-6-7(11)9-3-5-10(6)4-2-8/h6H,2-5,8H2,1H3,(H,9,11)/t6-/m1/s1. The van der Waals surface area contributed by atoms with Crippen molar-refractivity contribution in [3.05, 3.63) is 0 Å². The predicted octanol–water partition coefficient (Wildman–Crippen LogP) is -1.23. The van der Waals surface area contributed by atoms with Crippen LogP contribution >= 0.6 is 0 Å². The van der Waals surface area contributed by atoms with Gasteiger partial charge in [-0.25, -0.2) is 0 Å². The summed E-state index contributed by atoms with van der Waals surface area (Å²) in [7, 11) is 0. The summed E-state index contributed by atoms with van der Waals surface area (Å²) in [5, 5.41) is 2.80. The Bertz CT molecular complexity index is 147. The van der Waals surface area contributed by atoms with E-state index in [9.17, 15) is 4.79 Å². The molecule has 1 aliphatic rings. The SMILES string of the molecule is C[C@@H]1C(=O)NCCN1CCN. The van der Waals surface area contributed by atoms with Crippen molar-refractivity contribution in [3.63, 3.8) is 0 Å². The maximum Gasteiger partial charge on any atom is 0.237 e. The van der Waals surface area contributed by atoms with Crippen LogP contribution in [0.25, 0.3) is 0 Å². The zero-order chi connectivity index (χ0) is 8.27. The number of nitrogens with two attached hydrogens (primary N) is 1. The molecule has 0 unspecified atom stereocenters. The lowest BCUT2D eigenvalue weighted by Crippen LogP contribution is -2.54. The Kier molecular flexibility index (Phi) is 2.84. The first-order chi connectivity index (χ1) is 5.25. The average molecular weight is 157 g/mol. The molecule has 11 heavy (non-hydrogen) atoms. The highest BCUT2D eigenvalue weighted by atomic mass is 16.2. The van der Waals surface area contributed by atoms with Crippen molar-refractivity contribution in [1.82, 2.24) is 10.2 Å². The van der Waals surface area contributed by atoms with Crippen LogP contribution in [-0.4, -0.2) is 43.0 Å². The van der Waals surface area contributed by atoms with E-state index in [-0.39, 0.29) is 11.9 Å². The predicted molar refractivity (Wildman–Crippen MR) is 43.1 cm³/mol. The van der Waals surface area contributed by atoms with Crippen LogP contribution in [0.4, 0.5) is 0 Å². The fraction of sp³-hybridized carbons (Fsp3) is 0.857. The monoisotopic (exact) mass is 157 g/mol. The van der Waals surface area contributed by atoms with E-state index in [1.807, 2.05) is 6.92 Å². The summed E-state index contributed by atoms with van der Waals surface area (Å²) in [6, 6.07) is -0.00713. The number of nitrogens with one attached hydrogen (secondary N) is 1. The van der Waals surface area contributed by atoms with E-state index >= 15 is 0 Å². The second-order valence-corrected chi connectivity index (χ2v) is 2.79. The number of carbonyl (C=O) groups is 1. The summed E-state index contributed by atoms with van der Waals surface area (Å²) in [4.78, 5) is 13.2. The summed E-state index contributed by atoms with van der Waals surface area (Å²) in [6.45, 7) is 5.02. The molecule has 4 nitrogen and oxygen atoms in total. The molecule has 1 heterocycles. The Morgan fingerprint density at radius 2 is 2.55 bits per heavy atom. The maximum absolute atomic E-state index is 11.1. The highest BCUT2D eigenvalue weighted by molar-refractivity contribution is 5.81. The van der Waals surface area contributed by atoms with Gasteiger partial charge in [0.2, 0.25) is 5.91 Å². The molecule has 1 fully saturated rings. The highest BCUT2D eigenvalue weighted by Crippen LogP contribution is 2.01. The summed E-state index contributed by atoms with van der Waals surface area (Å²) >= 11 is 0. The summed E-state index contributed by atoms with van der Waals surface area (Å²) in [6.07, 6.45) is 0. The van der Waals surface area contributed by atoms with E-state index in [0.29, 0.717) is 6.54 Å². The number of hydrogen-bond donors (Lipinski definition) is 2. The van der Waals surface area contributed by atoms with E-state index in [4.69, 9.17) is 5.73 Å². The van der Waals surface area contributed by atoms with Gasteiger partial charge in [0.15, 0.2) is 0 Å². The first kappa shape index (κ1) is 8.49. The third-order valence-electron chi connectivity index (χ3n) is 2.04. The molecule has 0 aromatic rings. The van der Waals surface area contributed by atoms with Gasteiger partial charge in [-0.15, -0.1) is 0 Å². The fourth-order valence-electron chi connectivity index (χ4n) is 1.30. The van der Waals surface area contributed by atoms with Crippen LogP contribution in [0.3, 0.4) is 0 Å². The Balaban J connectivity index is 2.44. The van der Waals surface area contributed by atoms with Crippen LogP contribution in [0.15, 0.2) is 0 Å². The third kappa shape index (κ3) is 1.91. The van der Waals surface area contributed by atoms with Gasteiger partial charge in [0, 0.05) is 26.2 Å². The van der Waals surface area contributed by atoms with Crippen molar-refractivity contribution in [2.45, 2.75) is 13.0 Å². The van der Waals surface area contributed by atoms with Gasteiger partial charge in [-0.2, -0.15) is 0 Å². The van der Waals surface area contributed by atoms with E-state index in [1.54, 1.807) is 0 Å². The van der Waals surface area contributed by atoms with Crippen LogP contribution < -0.4 is 11.1 Å². The van der Waals surface area contributed by atoms with E-state index in [0.717, 1.165) is 19.6 Å². The smallest absolute Gasteiger partial charge is 0.237 e. The Morgan fingerprint density at radius 3 is 3.18 bits per heavy atom. The van der Waals surface area contributed by atoms with Crippen molar-refractivity contribution >= 4 is 5.91 Å². The van der Waals surface area contributed by atoms with Gasteiger partial charge in [0.1, 0.15) is 0 Å². The number of carbonyl (C=O) groups excluding carboxylic acids is 1. The van der Waals surface area contributed by atoms with Crippen LogP contribution in [-0.2, 0) is 4.79 Å². The molecular weight excluding hydrogens is 142 g/mol. The van der Waals surface area contributed by atoms with Crippen molar-refractivity contribution in [2.75, 3.05) is 26.2 Å². The molecule has 0 aliphatic carbocycles. The lowest BCUT2D eigenvalue weighted by Gasteiger charge is -2.32. The van der Waals surface area contributed by atoms with Crippen molar-refractivity contribution in [1.29, 1.82) is 0 Å². The molecule has 1 atom stereocenters. The Hall–Kier alpha value is -0.610. The van der Waals surface area contributed by atoms with E-state index in [1.165, 1.54) is 0 Å². The van der Waals surface area contributed by atoms with Crippen LogP contribution in [0.1, 0.15) is 6.92 Å². The van der Waals surface area contributed by atoms with Gasteiger partial charge in [0.05, 0.1) is 6.04 Å². The zero-order valence-electron chi connectivity index (χ0n) is 6.84. The first-order valence-corrected chi connectivity index (χ1v) is 3.97. The molecule has 1 amide bonds. The topological polar surface area (TPSA) is 58.4 Å². The van der Waals surface area contributed by atoms with Gasteiger partial charge in [-0.3, -0.25) is 9.69 Å². The number of amides is 1. The highest BCUT2D eigenvalue weighted by Gasteiger charge is 2.23. The average Bonchev–Trinajstić information content (AvgIpc) is 1.99. The molecule has 4 heteroatoms. The molecule has 1 aliphatic heterocycles. The lowest BCUT2D eigenvalue weighted by molar-refractivity contribution is -0.128. The van der Waals surface area contributed by atoms with Gasteiger partial charge in [0.25, 0.3) is 0 Å². The third-order valence-corrected chi connectivity index (χ3v) is 2.04. The number of nitrogens with zero attached hydrogens (tertiary/aromatic N) is 1. The summed E-state index contributed by atoms with van der Waals surface area (Å²) in [5.74, 6) is 0.115. The van der Waals surface area contributed by atoms with Crippen LogP contribution in [0, 0.1) is 0 Å². The largest absolute Gasteiger partial charge is 0.353 e. The molecule has 0 radical (unpaired) electrons. The van der Waals surface area contributed by atoms with Gasteiger partial charge in [-0.05, 0) is 6.92 Å². The maximum atomic E-state index is 11.1. The van der Waals surface area contributed by atoms with E-state index < -0.39 is 0 Å². The number of rotatable bonds is 2. The normalized spacial score (nSPS) is 26.7. The van der Waals surface area contributed by atoms with Crippen LogP contribution in [0.5, 0.6) is 0 Å². The molecule has 3 N–H and O–H groups in total. The molecule has 0 saturated carbocycles. The molecule has 1 rings (SSSR count). The van der Waals surface area contributed by atoms with E-state index in [2.05, 4.69) is 10.2 Å². The van der Waals surface area contributed by atoms with Gasteiger partial charge < -0.3 is 11.1 Å². The van der Waals surface area contributed by atoms with Gasteiger partial charge in [-0.1, -0.05) is 0 Å². The molecule has 0 aromatic heterocycles. The minimum atomic E-state index is -0.00713. The summed E-state index contributed by atoms with van der Waals surface area (Å²) in [5.41, 5.74) is 5.39. The molecule has 1 saturated heterocycles. The first-order valence-electron chi connectivity index (χ1n) is 3.97. The van der Waals surface area contributed by atoms with Crippen molar-refractivity contribution < 1.29 is 4.79 Å². The Labute approximate surface area is 66.7 Å². The fourth-order valence-corrected chi connectivity index (χ4v) is 1.30. The second-order valence-electron chi connectivity index (χ2n) is 2.79. The van der Waals surface area contributed by atoms with Crippen molar-refractivity contribution in [2.24, 2.45) is 5.73 Å². The van der Waals surface area contributed by atoms with Crippen LogP contribution in [0.2, 0.25) is 0 Å². The minimum Gasteiger partial charge on any atom is -0.353 e. The quantitative estimate of drug-likeness (QED) is 0.527. The molecule has 0 bridgehead atoms. The Morgan fingerprint density at radius 1 is 1.82 bits per heavy atom. The number of piperazine rings is 1. The molecule has 0 aromatic carbocycles. The zero-order valence-corrected chi connectivity index (χ0v) is 6.84. The summed E-state index contributed by atoms with van der Waals surface area (Å²) < 4.78 is 0. The van der Waals surface area contributed by atoms with Crippen molar-refractivity contribution in [3.8, 4) is 0 Å². The number of hydrogen-bond acceptors (Lipinski definition) is 3. The molecular formula is C7H15N3O. The molecule has 0 spiro atoms. The second kappa shape index (κ2) is 3.69. The van der Waals surface area contributed by atoms with Gasteiger partial charge >= 0.3 is 0 Å². The molecule has 64 valence electrons.